The fraction of sp³-hybridized carbons (Fsp3) is 0.294. The first kappa shape index (κ1) is 18.6. The third-order valence-corrected chi connectivity index (χ3v) is 5.13. The minimum absolute atomic E-state index is 0.0687. The highest BCUT2D eigenvalue weighted by Crippen LogP contribution is 2.22. The first-order valence-electron chi connectivity index (χ1n) is 7.84. The summed E-state index contributed by atoms with van der Waals surface area (Å²) in [4.78, 5) is 41.9. The van der Waals surface area contributed by atoms with E-state index in [9.17, 15) is 14.4 Å². The number of fused-ring (bicyclic) bond motifs is 1. The van der Waals surface area contributed by atoms with Gasteiger partial charge in [-0.25, -0.2) is 9.78 Å². The van der Waals surface area contributed by atoms with E-state index in [0.29, 0.717) is 9.76 Å². The third-order valence-electron chi connectivity index (χ3n) is 4.34. The van der Waals surface area contributed by atoms with Crippen LogP contribution in [0, 0.1) is 0 Å². The van der Waals surface area contributed by atoms with Gasteiger partial charge in [0.2, 0.25) is 0 Å². The van der Waals surface area contributed by atoms with Gasteiger partial charge >= 0.3 is 5.69 Å². The van der Waals surface area contributed by atoms with E-state index in [1.165, 1.54) is 16.1 Å². The van der Waals surface area contributed by atoms with E-state index >= 15 is 0 Å². The average molecular weight is 440 g/mol. The normalized spacial score (nSPS) is 12.5. The molecule has 0 unspecified atom stereocenters. The molecule has 0 aliphatic heterocycles. The fourth-order valence-corrected chi connectivity index (χ4v) is 3.67. The lowest BCUT2D eigenvalue weighted by Gasteiger charge is -2.13. The summed E-state index contributed by atoms with van der Waals surface area (Å²) >= 11 is 9.28. The maximum atomic E-state index is 13.1. The van der Waals surface area contributed by atoms with Crippen LogP contribution in [0.5, 0.6) is 0 Å². The number of hydrogen-bond acceptors (Lipinski definition) is 4. The van der Waals surface area contributed by atoms with Gasteiger partial charge in [-0.05, 0) is 47.5 Å². The lowest BCUT2D eigenvalue weighted by Crippen LogP contribution is -2.40. The first-order valence-corrected chi connectivity index (χ1v) is 9.01. The lowest BCUT2D eigenvalue weighted by atomic mass is 10.2. The highest BCUT2D eigenvalue weighted by atomic mass is 79.9. The Bertz CT molecular complexity index is 1150. The Kier molecular flexibility index (Phi) is 4.90. The molecule has 0 N–H and O–H groups in total. The van der Waals surface area contributed by atoms with E-state index in [1.54, 1.807) is 38.2 Å². The molecule has 0 spiro atoms. The summed E-state index contributed by atoms with van der Waals surface area (Å²) in [5.41, 5.74) is 0.149. The number of hydrogen-bond donors (Lipinski definition) is 0. The monoisotopic (exact) mass is 438 g/mol. The van der Waals surface area contributed by atoms with Gasteiger partial charge in [-0.15, -0.1) is 0 Å². The van der Waals surface area contributed by atoms with Crippen molar-refractivity contribution in [1.82, 2.24) is 18.7 Å². The van der Waals surface area contributed by atoms with Gasteiger partial charge < -0.3 is 4.57 Å². The fourth-order valence-electron chi connectivity index (χ4n) is 2.81. The zero-order chi connectivity index (χ0) is 19.2. The van der Waals surface area contributed by atoms with Crippen molar-refractivity contribution in [1.29, 1.82) is 0 Å². The Morgan fingerprint density at radius 1 is 1.35 bits per heavy atom. The number of ketones is 1. The standard InChI is InChI=1S/C17H16BrClN4O3/c1-9(10(2)24)23-13-14(20-16(23)18)21(3)17(26)22(15(13)25)8-11-5-4-6-12(19)7-11/h4-7,9H,8H2,1-3H3/t9-/m1/s1. The van der Waals surface area contributed by atoms with Gasteiger partial charge in [0, 0.05) is 12.1 Å². The van der Waals surface area contributed by atoms with Crippen molar-refractivity contribution in [2.24, 2.45) is 7.05 Å². The Labute approximate surface area is 162 Å². The highest BCUT2D eigenvalue weighted by Gasteiger charge is 2.24. The number of aromatic nitrogens is 4. The van der Waals surface area contributed by atoms with Crippen LogP contribution in [-0.2, 0) is 18.4 Å². The third kappa shape index (κ3) is 3.03. The molecule has 26 heavy (non-hydrogen) atoms. The van der Waals surface area contributed by atoms with Crippen LogP contribution in [0.25, 0.3) is 11.2 Å². The molecule has 0 amide bonds. The molecule has 2 heterocycles. The molecule has 1 atom stereocenters. The van der Waals surface area contributed by atoms with E-state index in [0.717, 1.165) is 10.1 Å². The number of imidazole rings is 1. The van der Waals surface area contributed by atoms with Crippen molar-refractivity contribution in [3.8, 4) is 0 Å². The van der Waals surface area contributed by atoms with Crippen LogP contribution in [0.15, 0.2) is 38.6 Å². The Morgan fingerprint density at radius 2 is 2.04 bits per heavy atom. The van der Waals surface area contributed by atoms with Crippen LogP contribution in [0.2, 0.25) is 5.02 Å². The molecule has 9 heteroatoms. The van der Waals surface area contributed by atoms with Crippen molar-refractivity contribution in [2.45, 2.75) is 26.4 Å². The second-order valence-electron chi connectivity index (χ2n) is 6.07. The molecule has 2 aromatic heterocycles. The van der Waals surface area contributed by atoms with Crippen molar-refractivity contribution >= 4 is 44.5 Å². The van der Waals surface area contributed by atoms with Crippen molar-refractivity contribution in [2.75, 3.05) is 0 Å². The summed E-state index contributed by atoms with van der Waals surface area (Å²) in [5.74, 6) is -0.125. The predicted molar refractivity (Wildman–Crippen MR) is 103 cm³/mol. The van der Waals surface area contributed by atoms with Gasteiger partial charge in [-0.1, -0.05) is 23.7 Å². The molecule has 0 radical (unpaired) electrons. The molecule has 0 aliphatic rings. The Hall–Kier alpha value is -2.19. The number of benzene rings is 1. The molecule has 7 nitrogen and oxygen atoms in total. The number of aryl methyl sites for hydroxylation is 1. The summed E-state index contributed by atoms with van der Waals surface area (Å²) in [5, 5.41) is 0.520. The van der Waals surface area contributed by atoms with Crippen LogP contribution >= 0.6 is 27.5 Å². The molecule has 1 aromatic carbocycles. The summed E-state index contributed by atoms with van der Waals surface area (Å²) in [6, 6.07) is 6.36. The van der Waals surface area contributed by atoms with E-state index in [-0.39, 0.29) is 23.5 Å². The van der Waals surface area contributed by atoms with Crippen LogP contribution in [-0.4, -0.2) is 24.5 Å². The first-order chi connectivity index (χ1) is 12.2. The smallest absolute Gasteiger partial charge is 0.302 e. The second-order valence-corrected chi connectivity index (χ2v) is 7.22. The van der Waals surface area contributed by atoms with Crippen LogP contribution in [0.4, 0.5) is 0 Å². The Balaban J connectivity index is 2.31. The van der Waals surface area contributed by atoms with Gasteiger partial charge in [-0.2, -0.15) is 0 Å². The summed E-state index contributed by atoms with van der Waals surface area (Å²) < 4.78 is 4.25. The molecule has 0 aliphatic carbocycles. The summed E-state index contributed by atoms with van der Waals surface area (Å²) in [6.07, 6.45) is 0. The molecular formula is C17H16BrClN4O3. The second kappa shape index (κ2) is 6.85. The zero-order valence-electron chi connectivity index (χ0n) is 14.4. The number of nitrogens with zero attached hydrogens (tertiary/aromatic N) is 4. The number of halogens is 2. The van der Waals surface area contributed by atoms with E-state index in [2.05, 4.69) is 20.9 Å². The lowest BCUT2D eigenvalue weighted by molar-refractivity contribution is -0.119. The highest BCUT2D eigenvalue weighted by molar-refractivity contribution is 9.10. The van der Waals surface area contributed by atoms with Gasteiger partial charge in [0.1, 0.15) is 0 Å². The zero-order valence-corrected chi connectivity index (χ0v) is 16.7. The number of Topliss-reactive ketones (excluding diaryl/α,β-unsaturated/α-hetero) is 1. The van der Waals surface area contributed by atoms with Gasteiger partial charge in [0.15, 0.2) is 21.7 Å². The minimum Gasteiger partial charge on any atom is -0.302 e. The maximum Gasteiger partial charge on any atom is 0.332 e. The van der Waals surface area contributed by atoms with Crippen molar-refractivity contribution in [3.05, 3.63) is 60.4 Å². The van der Waals surface area contributed by atoms with Gasteiger partial charge in [0.05, 0.1) is 12.6 Å². The maximum absolute atomic E-state index is 13.1. The van der Waals surface area contributed by atoms with Crippen LogP contribution in [0.3, 0.4) is 0 Å². The topological polar surface area (TPSA) is 78.9 Å². The molecule has 0 bridgehead atoms. The van der Waals surface area contributed by atoms with Crippen molar-refractivity contribution < 1.29 is 4.79 Å². The predicted octanol–water partition coefficient (Wildman–Crippen LogP) is 2.51. The number of carbonyl (C=O) groups is 1. The number of rotatable bonds is 4. The Morgan fingerprint density at radius 3 is 2.65 bits per heavy atom. The van der Waals surface area contributed by atoms with Crippen molar-refractivity contribution in [3.63, 3.8) is 0 Å². The average Bonchev–Trinajstić information content (AvgIpc) is 2.93. The molecule has 3 aromatic rings. The molecule has 136 valence electrons. The van der Waals surface area contributed by atoms with Crippen LogP contribution < -0.4 is 11.2 Å². The van der Waals surface area contributed by atoms with E-state index in [4.69, 9.17) is 11.6 Å². The summed E-state index contributed by atoms with van der Waals surface area (Å²) in [6.45, 7) is 3.19. The minimum atomic E-state index is -0.598. The molecule has 0 fully saturated rings. The molecule has 0 saturated carbocycles. The van der Waals surface area contributed by atoms with E-state index in [1.807, 2.05) is 0 Å². The van der Waals surface area contributed by atoms with Gasteiger partial charge in [-0.3, -0.25) is 18.7 Å². The summed E-state index contributed by atoms with van der Waals surface area (Å²) in [7, 11) is 1.54. The quantitative estimate of drug-likeness (QED) is 0.585. The van der Waals surface area contributed by atoms with Crippen LogP contribution in [0.1, 0.15) is 25.5 Å². The molecule has 3 rings (SSSR count). The SMILES string of the molecule is CC(=O)[C@@H](C)n1c(Br)nc2c1c(=O)n(Cc1cccc(Cl)c1)c(=O)n2C. The number of carbonyl (C=O) groups excluding carboxylic acids is 1. The molecule has 0 saturated heterocycles. The van der Waals surface area contributed by atoms with Gasteiger partial charge in [0.25, 0.3) is 5.56 Å². The largest absolute Gasteiger partial charge is 0.332 e. The van der Waals surface area contributed by atoms with E-state index < -0.39 is 17.3 Å². The molecular weight excluding hydrogens is 424 g/mol.